The van der Waals surface area contributed by atoms with E-state index in [0.29, 0.717) is 23.8 Å². The van der Waals surface area contributed by atoms with Crippen LogP contribution in [0.2, 0.25) is 0 Å². The van der Waals surface area contributed by atoms with Crippen molar-refractivity contribution >= 4 is 33.9 Å². The van der Waals surface area contributed by atoms with Crippen LogP contribution in [-0.4, -0.2) is 15.0 Å². The highest BCUT2D eigenvalue weighted by atomic mass is 32.1. The number of nitrogens with one attached hydrogen (secondary N) is 2. The quantitative estimate of drug-likeness (QED) is 0.333. The van der Waals surface area contributed by atoms with Crippen molar-refractivity contribution in [2.45, 2.75) is 39.8 Å². The van der Waals surface area contributed by atoms with Crippen molar-refractivity contribution in [3.63, 3.8) is 0 Å². The number of benzene rings is 3. The highest BCUT2D eigenvalue weighted by Gasteiger charge is 2.15. The van der Waals surface area contributed by atoms with Gasteiger partial charge in [-0.05, 0) is 71.4 Å². The van der Waals surface area contributed by atoms with Crippen LogP contribution >= 0.6 is 12.2 Å². The number of fused-ring (bicyclic) bond motifs is 1. The lowest BCUT2D eigenvalue weighted by Gasteiger charge is -2.27. The summed E-state index contributed by atoms with van der Waals surface area (Å²) in [5.41, 5.74) is 6.05. The van der Waals surface area contributed by atoms with E-state index in [0.717, 1.165) is 35.0 Å². The lowest BCUT2D eigenvalue weighted by Crippen LogP contribution is -2.35. The minimum Gasteiger partial charge on any atom is -0.340 e. The number of anilines is 1. The second kappa shape index (κ2) is 10.5. The zero-order valence-electron chi connectivity index (χ0n) is 19.1. The summed E-state index contributed by atoms with van der Waals surface area (Å²) in [5, 5.41) is 5.06. The molecular formula is C28H29N3OS. The molecule has 0 saturated carbocycles. The highest BCUT2D eigenvalue weighted by molar-refractivity contribution is 7.80. The fourth-order valence-corrected chi connectivity index (χ4v) is 4.23. The Bertz CT molecular complexity index is 1310. The molecule has 2 N–H and O–H groups in total. The maximum Gasteiger partial charge on any atom is 0.253 e. The largest absolute Gasteiger partial charge is 0.340 e. The van der Waals surface area contributed by atoms with E-state index in [1.165, 1.54) is 11.1 Å². The number of hydrogen-bond donors (Lipinski definition) is 2. The van der Waals surface area contributed by atoms with Crippen molar-refractivity contribution in [1.29, 1.82) is 0 Å². The summed E-state index contributed by atoms with van der Waals surface area (Å²) >= 11 is 5.84. The van der Waals surface area contributed by atoms with Gasteiger partial charge in [-0.2, -0.15) is 0 Å². The van der Waals surface area contributed by atoms with Gasteiger partial charge >= 0.3 is 0 Å². The molecular weight excluding hydrogens is 426 g/mol. The first-order chi connectivity index (χ1) is 16.1. The van der Waals surface area contributed by atoms with E-state index in [4.69, 9.17) is 12.2 Å². The molecule has 0 saturated heterocycles. The molecule has 0 aliphatic carbocycles. The minimum atomic E-state index is -0.0819. The Morgan fingerprint density at radius 2 is 1.61 bits per heavy atom. The van der Waals surface area contributed by atoms with E-state index in [1.54, 1.807) is 0 Å². The number of aromatic amines is 1. The smallest absolute Gasteiger partial charge is 0.253 e. The van der Waals surface area contributed by atoms with Crippen molar-refractivity contribution in [1.82, 2.24) is 9.88 Å². The van der Waals surface area contributed by atoms with Gasteiger partial charge in [0.15, 0.2) is 5.11 Å². The van der Waals surface area contributed by atoms with Crippen molar-refractivity contribution < 1.29 is 0 Å². The van der Waals surface area contributed by atoms with Gasteiger partial charge in [-0.1, -0.05) is 68.4 Å². The first-order valence-electron chi connectivity index (χ1n) is 11.4. The second-order valence-electron chi connectivity index (χ2n) is 8.18. The molecule has 4 aromatic rings. The Morgan fingerprint density at radius 1 is 0.848 bits per heavy atom. The molecule has 0 atom stereocenters. The standard InChI is InChI=1S/C28H29N3OS/c1-3-20-14-15-26-23(16-20)17-24(27(32)29-26)19-31(18-21-10-6-5-7-11-21)28(33)30-25-13-9-8-12-22(25)4-2/h5-17H,3-4,18-19H2,1-2H3,(H,29,32)(H,30,33). The lowest BCUT2D eigenvalue weighted by atomic mass is 10.1. The third kappa shape index (κ3) is 5.49. The lowest BCUT2D eigenvalue weighted by molar-refractivity contribution is 0.411. The van der Waals surface area contributed by atoms with Crippen LogP contribution in [0.4, 0.5) is 5.69 Å². The third-order valence-corrected chi connectivity index (χ3v) is 6.26. The number of nitrogens with zero attached hydrogens (tertiary/aromatic N) is 1. The molecule has 3 aromatic carbocycles. The molecule has 168 valence electrons. The maximum atomic E-state index is 12.9. The Hall–Kier alpha value is -3.44. The summed E-state index contributed by atoms with van der Waals surface area (Å²) in [6.45, 7) is 5.28. The molecule has 0 bridgehead atoms. The van der Waals surface area contributed by atoms with Crippen LogP contribution in [0.1, 0.15) is 36.1 Å². The van der Waals surface area contributed by atoms with E-state index in [-0.39, 0.29) is 5.56 Å². The summed E-state index contributed by atoms with van der Waals surface area (Å²) < 4.78 is 0. The summed E-state index contributed by atoms with van der Waals surface area (Å²) in [5.74, 6) is 0. The van der Waals surface area contributed by atoms with Crippen molar-refractivity contribution in [3.05, 3.63) is 111 Å². The first-order valence-corrected chi connectivity index (χ1v) is 11.8. The van der Waals surface area contributed by atoms with Gasteiger partial charge in [0.05, 0.1) is 6.54 Å². The molecule has 1 heterocycles. The Kier molecular flexibility index (Phi) is 7.20. The summed E-state index contributed by atoms with van der Waals surface area (Å²) in [4.78, 5) is 18.0. The van der Waals surface area contributed by atoms with Crippen LogP contribution in [0.25, 0.3) is 10.9 Å². The number of aryl methyl sites for hydroxylation is 2. The number of rotatable bonds is 7. The molecule has 0 aliphatic rings. The third-order valence-electron chi connectivity index (χ3n) is 5.90. The molecule has 4 rings (SSSR count). The van der Waals surface area contributed by atoms with Gasteiger partial charge in [-0.3, -0.25) is 4.79 Å². The van der Waals surface area contributed by atoms with Crippen molar-refractivity contribution in [3.8, 4) is 0 Å². The van der Waals surface area contributed by atoms with Gasteiger partial charge in [0, 0.05) is 23.3 Å². The SMILES string of the molecule is CCc1ccc2[nH]c(=O)c(CN(Cc3ccccc3)C(=S)Nc3ccccc3CC)cc2c1. The van der Waals surface area contributed by atoms with Crippen LogP contribution in [0, 0.1) is 0 Å². The van der Waals surface area contributed by atoms with Gasteiger partial charge < -0.3 is 15.2 Å². The van der Waals surface area contributed by atoms with Gasteiger partial charge in [0.2, 0.25) is 0 Å². The summed E-state index contributed by atoms with van der Waals surface area (Å²) in [6, 6.07) is 26.6. The zero-order chi connectivity index (χ0) is 23.2. The topological polar surface area (TPSA) is 48.1 Å². The van der Waals surface area contributed by atoms with E-state index >= 15 is 0 Å². The van der Waals surface area contributed by atoms with E-state index in [9.17, 15) is 4.79 Å². The molecule has 0 fully saturated rings. The van der Waals surface area contributed by atoms with E-state index in [1.807, 2.05) is 48.5 Å². The number of pyridine rings is 1. The zero-order valence-corrected chi connectivity index (χ0v) is 19.9. The molecule has 0 aliphatic heterocycles. The fourth-order valence-electron chi connectivity index (χ4n) is 3.99. The van der Waals surface area contributed by atoms with E-state index < -0.39 is 0 Å². The van der Waals surface area contributed by atoms with Crippen LogP contribution in [0.5, 0.6) is 0 Å². The second-order valence-corrected chi connectivity index (χ2v) is 8.57. The molecule has 0 unspecified atom stereocenters. The minimum absolute atomic E-state index is 0.0819. The first kappa shape index (κ1) is 22.7. The van der Waals surface area contributed by atoms with Gasteiger partial charge in [0.1, 0.15) is 0 Å². The summed E-state index contributed by atoms with van der Waals surface area (Å²) in [6.07, 6.45) is 1.87. The van der Waals surface area contributed by atoms with Gasteiger partial charge in [0.25, 0.3) is 5.56 Å². The average Bonchev–Trinajstić information content (AvgIpc) is 2.84. The number of thiocarbonyl (C=S) groups is 1. The van der Waals surface area contributed by atoms with Crippen molar-refractivity contribution in [2.24, 2.45) is 0 Å². The van der Waals surface area contributed by atoms with Gasteiger partial charge in [-0.25, -0.2) is 0 Å². The predicted octanol–water partition coefficient (Wildman–Crippen LogP) is 6.05. The number of H-pyrrole nitrogens is 1. The normalized spacial score (nSPS) is 10.8. The van der Waals surface area contributed by atoms with Crippen LogP contribution in [0.3, 0.4) is 0 Å². The molecule has 5 heteroatoms. The number of aromatic nitrogens is 1. The molecule has 1 aromatic heterocycles. The molecule has 33 heavy (non-hydrogen) atoms. The molecule has 0 radical (unpaired) electrons. The van der Waals surface area contributed by atoms with Crippen LogP contribution < -0.4 is 10.9 Å². The van der Waals surface area contributed by atoms with E-state index in [2.05, 4.69) is 59.4 Å². The Balaban J connectivity index is 1.66. The maximum absolute atomic E-state index is 12.9. The summed E-state index contributed by atoms with van der Waals surface area (Å²) in [7, 11) is 0. The van der Waals surface area contributed by atoms with Crippen molar-refractivity contribution in [2.75, 3.05) is 5.32 Å². The van der Waals surface area contributed by atoms with Crippen LogP contribution in [-0.2, 0) is 25.9 Å². The number of hydrogen-bond acceptors (Lipinski definition) is 2. The van der Waals surface area contributed by atoms with Gasteiger partial charge in [-0.15, -0.1) is 0 Å². The Morgan fingerprint density at radius 3 is 2.36 bits per heavy atom. The highest BCUT2D eigenvalue weighted by Crippen LogP contribution is 2.19. The Labute approximate surface area is 200 Å². The molecule has 0 spiro atoms. The van der Waals surface area contributed by atoms with Crippen LogP contribution in [0.15, 0.2) is 83.7 Å². The fraction of sp³-hybridized carbons (Fsp3) is 0.214. The number of para-hydroxylation sites is 1. The molecule has 0 amide bonds. The monoisotopic (exact) mass is 455 g/mol. The molecule has 4 nitrogen and oxygen atoms in total. The predicted molar refractivity (Wildman–Crippen MR) is 142 cm³/mol. The average molecular weight is 456 g/mol.